The number of anilines is 2. The van der Waals surface area contributed by atoms with Crippen molar-refractivity contribution < 1.29 is 27.5 Å². The number of rotatable bonds is 4. The van der Waals surface area contributed by atoms with Crippen LogP contribution in [0.25, 0.3) is 0 Å². The number of carbonyl (C=O) groups excluding carboxylic acids is 2. The maximum Gasteiger partial charge on any atom is 0.416 e. The van der Waals surface area contributed by atoms with E-state index in [0.717, 1.165) is 18.2 Å². The first-order chi connectivity index (χ1) is 13.7. The number of alkyl halides is 3. The third kappa shape index (κ3) is 4.50. The number of nitrogens with two attached hydrogens (primary N) is 1. The predicted octanol–water partition coefficient (Wildman–Crippen LogP) is 3.53. The molecule has 3 rings (SSSR count). The van der Waals surface area contributed by atoms with Gasteiger partial charge in [-0.05, 0) is 42.5 Å². The molecule has 152 valence electrons. The van der Waals surface area contributed by atoms with E-state index in [1.54, 1.807) is 23.1 Å². The third-order valence-corrected chi connectivity index (χ3v) is 4.50. The second-order valence-corrected chi connectivity index (χ2v) is 6.44. The van der Waals surface area contributed by atoms with Crippen molar-refractivity contribution in [3.8, 4) is 5.75 Å². The van der Waals surface area contributed by atoms with Crippen molar-refractivity contribution in [3.63, 3.8) is 0 Å². The van der Waals surface area contributed by atoms with Crippen molar-refractivity contribution in [1.82, 2.24) is 5.32 Å². The minimum atomic E-state index is -4.44. The molecule has 0 spiro atoms. The van der Waals surface area contributed by atoms with Crippen LogP contribution in [-0.4, -0.2) is 24.6 Å². The van der Waals surface area contributed by atoms with Gasteiger partial charge in [-0.3, -0.25) is 4.79 Å². The quantitative estimate of drug-likeness (QED) is 0.763. The number of nitrogens with one attached hydrogen (secondary N) is 1. The number of carbonyl (C=O) groups is 2. The molecular formula is C20H18F3N3O3. The largest absolute Gasteiger partial charge is 0.416 e. The summed E-state index contributed by atoms with van der Waals surface area (Å²) in [6, 6.07) is 9.26. The lowest BCUT2D eigenvalue weighted by molar-refractivity contribution is -0.137. The van der Waals surface area contributed by atoms with Crippen LogP contribution in [-0.2, 0) is 17.4 Å². The van der Waals surface area contributed by atoms with E-state index in [1.165, 1.54) is 12.1 Å². The summed E-state index contributed by atoms with van der Waals surface area (Å²) < 4.78 is 43.7. The zero-order chi connectivity index (χ0) is 21.2. The van der Waals surface area contributed by atoms with E-state index in [9.17, 15) is 22.8 Å². The molecule has 2 amide bonds. The van der Waals surface area contributed by atoms with Gasteiger partial charge in [0.2, 0.25) is 5.91 Å². The topological polar surface area (TPSA) is 84.7 Å². The van der Waals surface area contributed by atoms with Crippen LogP contribution in [0.4, 0.5) is 29.3 Å². The first kappa shape index (κ1) is 20.2. The highest BCUT2D eigenvalue weighted by atomic mass is 19.4. The second kappa shape index (κ2) is 7.86. The highest BCUT2D eigenvalue weighted by Crippen LogP contribution is 2.39. The molecule has 0 aliphatic carbocycles. The molecule has 1 aliphatic heterocycles. The number of halogens is 3. The van der Waals surface area contributed by atoms with Crippen molar-refractivity contribution >= 4 is 23.4 Å². The Labute approximate surface area is 164 Å². The molecule has 1 atom stereocenters. The predicted molar refractivity (Wildman–Crippen MR) is 101 cm³/mol. The molecule has 0 radical (unpaired) electrons. The third-order valence-electron chi connectivity index (χ3n) is 4.50. The first-order valence-corrected chi connectivity index (χ1v) is 8.66. The Morgan fingerprint density at radius 2 is 1.90 bits per heavy atom. The van der Waals surface area contributed by atoms with Crippen LogP contribution in [0, 0.1) is 0 Å². The van der Waals surface area contributed by atoms with Gasteiger partial charge in [-0.25, -0.2) is 4.79 Å². The molecule has 0 saturated heterocycles. The van der Waals surface area contributed by atoms with Crippen LogP contribution in [0.2, 0.25) is 0 Å². The van der Waals surface area contributed by atoms with Gasteiger partial charge in [0, 0.05) is 29.9 Å². The summed E-state index contributed by atoms with van der Waals surface area (Å²) in [5.41, 5.74) is 6.11. The summed E-state index contributed by atoms with van der Waals surface area (Å²) in [5.74, 6) is -0.163. The van der Waals surface area contributed by atoms with Crippen LogP contribution < -0.4 is 20.7 Å². The molecule has 9 heteroatoms. The molecule has 29 heavy (non-hydrogen) atoms. The van der Waals surface area contributed by atoms with E-state index in [-0.39, 0.29) is 11.7 Å². The van der Waals surface area contributed by atoms with E-state index in [0.29, 0.717) is 29.9 Å². The number of fused-ring (bicyclic) bond motifs is 1. The van der Waals surface area contributed by atoms with Crippen LogP contribution >= 0.6 is 0 Å². The van der Waals surface area contributed by atoms with Crippen molar-refractivity contribution in [2.24, 2.45) is 5.73 Å². The Kier molecular flexibility index (Phi) is 5.49. The number of nitrogens with zero attached hydrogens (tertiary/aromatic N) is 1. The molecule has 0 saturated carbocycles. The minimum absolute atomic E-state index is 0.226. The Morgan fingerprint density at radius 3 is 2.48 bits per heavy atom. The highest BCUT2D eigenvalue weighted by Gasteiger charge is 2.32. The van der Waals surface area contributed by atoms with E-state index in [4.69, 9.17) is 10.5 Å². The molecule has 0 bridgehead atoms. The Hall–Kier alpha value is -3.49. The molecule has 3 N–H and O–H groups in total. The van der Waals surface area contributed by atoms with Gasteiger partial charge in [-0.1, -0.05) is 12.6 Å². The molecule has 1 unspecified atom stereocenters. The summed E-state index contributed by atoms with van der Waals surface area (Å²) >= 11 is 0. The van der Waals surface area contributed by atoms with Crippen molar-refractivity contribution in [2.45, 2.75) is 18.6 Å². The first-order valence-electron chi connectivity index (χ1n) is 8.66. The van der Waals surface area contributed by atoms with Crippen LogP contribution in [0.15, 0.2) is 55.1 Å². The summed E-state index contributed by atoms with van der Waals surface area (Å²) in [6.45, 7) is 3.72. The fourth-order valence-corrected chi connectivity index (χ4v) is 3.28. The molecule has 6 nitrogen and oxygen atoms in total. The monoisotopic (exact) mass is 405 g/mol. The number of primary amides is 1. The lowest BCUT2D eigenvalue weighted by atomic mass is 9.96. The summed E-state index contributed by atoms with van der Waals surface area (Å²) in [6.07, 6.45) is -3.96. The lowest BCUT2D eigenvalue weighted by Crippen LogP contribution is -2.46. The van der Waals surface area contributed by atoms with E-state index < -0.39 is 23.9 Å². The smallest absolute Gasteiger partial charge is 0.410 e. The molecule has 2 aromatic rings. The van der Waals surface area contributed by atoms with E-state index >= 15 is 0 Å². The van der Waals surface area contributed by atoms with Crippen molar-refractivity contribution in [1.29, 1.82) is 0 Å². The SMILES string of the molecule is C=CC(=O)NC1Cc2c(OC(N)=O)cccc2N(c2ccc(C(F)(F)F)cc2)C1. The maximum absolute atomic E-state index is 12.9. The average Bonchev–Trinajstić information content (AvgIpc) is 2.67. The zero-order valence-electron chi connectivity index (χ0n) is 15.2. The van der Waals surface area contributed by atoms with Crippen molar-refractivity contribution in [2.75, 3.05) is 11.4 Å². The van der Waals surface area contributed by atoms with E-state index in [1.807, 2.05) is 0 Å². The Morgan fingerprint density at radius 1 is 1.21 bits per heavy atom. The lowest BCUT2D eigenvalue weighted by Gasteiger charge is -2.37. The van der Waals surface area contributed by atoms with Gasteiger partial charge in [0.15, 0.2) is 0 Å². The van der Waals surface area contributed by atoms with Crippen LogP contribution in [0.1, 0.15) is 11.1 Å². The Bertz CT molecular complexity index is 942. The van der Waals surface area contributed by atoms with Crippen LogP contribution in [0.5, 0.6) is 5.75 Å². The number of ether oxygens (including phenoxy) is 1. The van der Waals surface area contributed by atoms with Gasteiger partial charge in [0.1, 0.15) is 5.75 Å². The Balaban J connectivity index is 2.03. The van der Waals surface area contributed by atoms with Gasteiger partial charge in [0.25, 0.3) is 0 Å². The molecular weight excluding hydrogens is 387 g/mol. The summed E-state index contributed by atoms with van der Waals surface area (Å²) in [4.78, 5) is 24.8. The van der Waals surface area contributed by atoms with Gasteiger partial charge in [0.05, 0.1) is 11.6 Å². The fourth-order valence-electron chi connectivity index (χ4n) is 3.28. The average molecular weight is 405 g/mol. The van der Waals surface area contributed by atoms with Crippen molar-refractivity contribution in [3.05, 3.63) is 66.2 Å². The number of benzene rings is 2. The van der Waals surface area contributed by atoms with Gasteiger partial charge in [-0.15, -0.1) is 0 Å². The van der Waals surface area contributed by atoms with E-state index in [2.05, 4.69) is 11.9 Å². The fraction of sp³-hybridized carbons (Fsp3) is 0.200. The molecule has 1 aliphatic rings. The number of hydrogen-bond acceptors (Lipinski definition) is 4. The van der Waals surface area contributed by atoms with Gasteiger partial charge >= 0.3 is 12.3 Å². The maximum atomic E-state index is 12.9. The second-order valence-electron chi connectivity index (χ2n) is 6.44. The molecule has 0 fully saturated rings. The summed E-state index contributed by atoms with van der Waals surface area (Å²) in [7, 11) is 0. The number of hydrogen-bond donors (Lipinski definition) is 2. The van der Waals surface area contributed by atoms with Crippen LogP contribution in [0.3, 0.4) is 0 Å². The van der Waals surface area contributed by atoms with Gasteiger partial charge in [-0.2, -0.15) is 13.2 Å². The number of amides is 2. The zero-order valence-corrected chi connectivity index (χ0v) is 15.2. The minimum Gasteiger partial charge on any atom is -0.410 e. The molecule has 1 heterocycles. The molecule has 0 aromatic heterocycles. The standard InChI is InChI=1S/C20H18F3N3O3/c1-2-18(27)25-13-10-15-16(4-3-5-17(15)29-19(24)28)26(11-13)14-8-6-12(7-9-14)20(21,22)23/h2-9,13H,1,10-11H2,(H2,24,28)(H,25,27). The highest BCUT2D eigenvalue weighted by molar-refractivity contribution is 5.87. The molecule has 2 aromatic carbocycles. The van der Waals surface area contributed by atoms with Gasteiger partial charge < -0.3 is 20.7 Å². The normalized spacial score (nSPS) is 16.0. The summed E-state index contributed by atoms with van der Waals surface area (Å²) in [5, 5.41) is 2.77.